The number of aromatic nitrogens is 2. The number of carbonyl (C=O) groups excluding carboxylic acids is 1. The van der Waals surface area contributed by atoms with Gasteiger partial charge in [0.25, 0.3) is 0 Å². The monoisotopic (exact) mass is 637 g/mol. The van der Waals surface area contributed by atoms with Gasteiger partial charge in [0.1, 0.15) is 11.6 Å². The third kappa shape index (κ3) is 7.93. The first kappa shape index (κ1) is 32.3. The number of ether oxygens (including phenoxy) is 1. The molecule has 2 saturated heterocycles. The minimum absolute atomic E-state index is 0.101. The predicted molar refractivity (Wildman–Crippen MR) is 178 cm³/mol. The van der Waals surface area contributed by atoms with E-state index in [1.807, 2.05) is 12.1 Å². The Morgan fingerprint density at radius 2 is 1.76 bits per heavy atom. The molecule has 1 amide bonds. The maximum absolute atomic E-state index is 12.3. The number of piperazine rings is 1. The van der Waals surface area contributed by atoms with Crippen LogP contribution in [0.2, 0.25) is 0 Å². The molecule has 0 atom stereocenters. The van der Waals surface area contributed by atoms with Crippen molar-refractivity contribution in [3.8, 4) is 5.75 Å². The van der Waals surface area contributed by atoms with E-state index in [9.17, 15) is 13.2 Å². The molecule has 2 aliphatic heterocycles. The highest BCUT2D eigenvalue weighted by atomic mass is 32.2. The van der Waals surface area contributed by atoms with Crippen molar-refractivity contribution in [1.29, 1.82) is 0 Å². The molecule has 3 heterocycles. The maximum Gasteiger partial charge on any atom is 0.232 e. The number of nitrogens with one attached hydrogen (secondary N) is 2. The average Bonchev–Trinajstić information content (AvgIpc) is 3.02. The number of hydrogen-bond acceptors (Lipinski definition) is 11. The van der Waals surface area contributed by atoms with E-state index in [0.717, 1.165) is 64.1 Å². The Balaban J connectivity index is 1.33. The van der Waals surface area contributed by atoms with Crippen molar-refractivity contribution in [2.45, 2.75) is 25.3 Å². The highest BCUT2D eigenvalue weighted by molar-refractivity contribution is 7.92. The summed E-state index contributed by atoms with van der Waals surface area (Å²) in [7, 11) is 1.76. The molecule has 0 bridgehead atoms. The molecule has 14 heteroatoms. The Hall–Kier alpha value is -4.14. The van der Waals surface area contributed by atoms with Gasteiger partial charge in [-0.25, -0.2) is 13.4 Å². The molecule has 0 unspecified atom stereocenters. The van der Waals surface area contributed by atoms with Crippen LogP contribution in [0.1, 0.15) is 18.4 Å². The lowest BCUT2D eigenvalue weighted by atomic mass is 10.0. The van der Waals surface area contributed by atoms with Crippen LogP contribution in [0, 0.1) is 0 Å². The van der Waals surface area contributed by atoms with Gasteiger partial charge in [-0.3, -0.25) is 14.0 Å². The summed E-state index contributed by atoms with van der Waals surface area (Å²) in [5.41, 5.74) is 8.65. The number of carbonyl (C=O) groups is 1. The molecule has 242 valence electrons. The van der Waals surface area contributed by atoms with E-state index >= 15 is 0 Å². The topological polar surface area (TPSA) is 149 Å². The Kier molecular flexibility index (Phi) is 9.95. The van der Waals surface area contributed by atoms with Crippen molar-refractivity contribution in [2.24, 2.45) is 5.73 Å². The number of rotatable bonds is 11. The third-order valence-electron chi connectivity index (χ3n) is 8.54. The molecular weight excluding hydrogens is 594 g/mol. The smallest absolute Gasteiger partial charge is 0.232 e. The second kappa shape index (κ2) is 13.9. The number of nitrogens with two attached hydrogens (primary N) is 1. The van der Waals surface area contributed by atoms with Crippen LogP contribution in [-0.2, 0) is 21.2 Å². The summed E-state index contributed by atoms with van der Waals surface area (Å²) in [6, 6.07) is 13.6. The van der Waals surface area contributed by atoms with E-state index in [1.165, 1.54) is 17.5 Å². The van der Waals surface area contributed by atoms with Crippen molar-refractivity contribution < 1.29 is 17.9 Å². The number of nitrogens with zero attached hydrogens (tertiary/aromatic N) is 6. The average molecular weight is 638 g/mol. The van der Waals surface area contributed by atoms with Crippen LogP contribution >= 0.6 is 0 Å². The summed E-state index contributed by atoms with van der Waals surface area (Å²) in [4.78, 5) is 28.3. The zero-order chi connectivity index (χ0) is 32.1. The van der Waals surface area contributed by atoms with Crippen molar-refractivity contribution in [3.05, 3.63) is 54.2 Å². The lowest BCUT2D eigenvalue weighted by Crippen LogP contribution is -2.52. The van der Waals surface area contributed by atoms with Crippen molar-refractivity contribution in [1.82, 2.24) is 19.8 Å². The second-order valence-electron chi connectivity index (χ2n) is 11.7. The van der Waals surface area contributed by atoms with Crippen LogP contribution in [0.15, 0.2) is 48.7 Å². The van der Waals surface area contributed by atoms with Gasteiger partial charge in [0.05, 0.1) is 36.8 Å². The number of hydrogen-bond donors (Lipinski definition) is 3. The number of para-hydroxylation sites is 2. The molecule has 3 aromatic rings. The molecule has 1 aromatic heterocycles. The van der Waals surface area contributed by atoms with E-state index in [0.29, 0.717) is 40.2 Å². The SMILES string of the molecule is COc1cc(N2CCC(N3CCN(C)CC3)CC2)ccc1Nc1ncc(CC(N)=O)c(Nc2ccccc2N(C)S(C)(=O)=O)n1. The molecule has 13 nitrogen and oxygen atoms in total. The number of amides is 1. The Morgan fingerprint density at radius 3 is 2.42 bits per heavy atom. The molecule has 0 spiro atoms. The molecule has 0 aliphatic carbocycles. The number of benzene rings is 2. The number of primary amides is 1. The third-order valence-corrected chi connectivity index (χ3v) is 9.73. The lowest BCUT2D eigenvalue weighted by molar-refractivity contribution is -0.117. The fraction of sp³-hybridized carbons (Fsp3) is 0.452. The Morgan fingerprint density at radius 1 is 1.04 bits per heavy atom. The normalized spacial score (nSPS) is 16.8. The van der Waals surface area contributed by atoms with Crippen LogP contribution < -0.4 is 30.3 Å². The van der Waals surface area contributed by atoms with Gasteiger partial charge in [0.2, 0.25) is 21.9 Å². The summed E-state index contributed by atoms with van der Waals surface area (Å²) in [6.45, 7) is 6.53. The van der Waals surface area contributed by atoms with Crippen molar-refractivity contribution in [3.63, 3.8) is 0 Å². The molecule has 2 aliphatic rings. The highest BCUT2D eigenvalue weighted by Crippen LogP contribution is 2.34. The minimum Gasteiger partial charge on any atom is -0.494 e. The molecule has 5 rings (SSSR count). The molecular formula is C31H43N9O4S. The van der Waals surface area contributed by atoms with Gasteiger partial charge < -0.3 is 30.9 Å². The summed E-state index contributed by atoms with van der Waals surface area (Å²) in [6.07, 6.45) is 4.82. The Bertz CT molecular complexity index is 1600. The molecule has 4 N–H and O–H groups in total. The predicted octanol–water partition coefficient (Wildman–Crippen LogP) is 2.61. The fourth-order valence-electron chi connectivity index (χ4n) is 5.83. The first-order valence-corrected chi connectivity index (χ1v) is 16.9. The van der Waals surface area contributed by atoms with Crippen LogP contribution in [0.25, 0.3) is 0 Å². The quantitative estimate of drug-likeness (QED) is 0.285. The number of likely N-dealkylation sites (N-methyl/N-ethyl adjacent to an activating group) is 1. The van der Waals surface area contributed by atoms with E-state index in [-0.39, 0.29) is 12.4 Å². The second-order valence-corrected chi connectivity index (χ2v) is 13.7. The van der Waals surface area contributed by atoms with E-state index in [1.54, 1.807) is 31.4 Å². The fourth-order valence-corrected chi connectivity index (χ4v) is 6.35. The zero-order valence-corrected chi connectivity index (χ0v) is 27.2. The number of piperidine rings is 1. The highest BCUT2D eigenvalue weighted by Gasteiger charge is 2.27. The minimum atomic E-state index is -3.53. The summed E-state index contributed by atoms with van der Waals surface area (Å²) in [5.74, 6) is 0.681. The standard InChI is InChI=1S/C31H43N9O4S/c1-37-15-17-40(18-16-37)23-11-13-39(14-12-23)24-9-10-26(28(20-24)44-3)35-31-33-21-22(19-29(32)41)30(36-31)34-25-7-5-6-8-27(25)38(2)45(4,42)43/h5-10,20-21,23H,11-19H2,1-4H3,(H2,32,41)(H2,33,34,35,36). The van der Waals surface area contributed by atoms with E-state index < -0.39 is 15.9 Å². The molecule has 0 saturated carbocycles. The first-order valence-electron chi connectivity index (χ1n) is 15.1. The number of anilines is 6. The largest absolute Gasteiger partial charge is 0.494 e. The van der Waals surface area contributed by atoms with Gasteiger partial charge in [0, 0.05) is 75.9 Å². The number of sulfonamides is 1. The number of methoxy groups -OCH3 is 1. The van der Waals surface area contributed by atoms with Gasteiger partial charge in [-0.05, 0) is 44.2 Å². The summed E-state index contributed by atoms with van der Waals surface area (Å²) >= 11 is 0. The summed E-state index contributed by atoms with van der Waals surface area (Å²) < 4.78 is 31.5. The lowest BCUT2D eigenvalue weighted by Gasteiger charge is -2.42. The van der Waals surface area contributed by atoms with Crippen LogP contribution in [0.3, 0.4) is 0 Å². The first-order chi connectivity index (χ1) is 21.5. The van der Waals surface area contributed by atoms with Gasteiger partial charge >= 0.3 is 0 Å². The molecule has 2 fully saturated rings. The van der Waals surface area contributed by atoms with E-state index in [2.05, 4.69) is 48.4 Å². The van der Waals surface area contributed by atoms with Crippen LogP contribution in [0.5, 0.6) is 5.75 Å². The van der Waals surface area contributed by atoms with Crippen molar-refractivity contribution >= 4 is 50.4 Å². The van der Waals surface area contributed by atoms with Crippen molar-refractivity contribution in [2.75, 3.05) is 86.6 Å². The van der Waals surface area contributed by atoms with Crippen LogP contribution in [0.4, 0.5) is 34.5 Å². The van der Waals surface area contributed by atoms with Crippen LogP contribution in [-0.4, -0.2) is 107 Å². The summed E-state index contributed by atoms with van der Waals surface area (Å²) in [5, 5.41) is 6.42. The zero-order valence-electron chi connectivity index (χ0n) is 26.4. The molecule has 2 aromatic carbocycles. The molecule has 0 radical (unpaired) electrons. The molecule has 45 heavy (non-hydrogen) atoms. The van der Waals surface area contributed by atoms with E-state index in [4.69, 9.17) is 10.5 Å². The maximum atomic E-state index is 12.3. The van der Waals surface area contributed by atoms with Gasteiger partial charge in [-0.1, -0.05) is 12.1 Å². The van der Waals surface area contributed by atoms with Gasteiger partial charge in [-0.15, -0.1) is 0 Å². The van der Waals surface area contributed by atoms with Gasteiger partial charge in [-0.2, -0.15) is 4.98 Å². The Labute approximate surface area is 265 Å². The van der Waals surface area contributed by atoms with Gasteiger partial charge in [0.15, 0.2) is 0 Å².